The Labute approximate surface area is 290 Å². The molecule has 18 heteroatoms. The van der Waals surface area contributed by atoms with Crippen molar-refractivity contribution in [3.05, 3.63) is 86.0 Å². The molecule has 0 bridgehead atoms. The van der Waals surface area contributed by atoms with Crippen LogP contribution < -0.4 is 9.47 Å². The minimum atomic E-state index is -1.43. The van der Waals surface area contributed by atoms with Crippen molar-refractivity contribution in [2.75, 3.05) is 0 Å². The molecule has 0 aliphatic carbocycles. The number of aromatic nitrogens is 3. The monoisotopic (exact) mass is 793 g/mol. The van der Waals surface area contributed by atoms with Gasteiger partial charge in [-0.25, -0.2) is 4.98 Å². The molecule has 0 fully saturated rings. The maximum atomic E-state index is 6.59. The highest BCUT2D eigenvalue weighted by Gasteiger charge is 2.28. The molecule has 0 N–H and O–H groups in total. The first-order chi connectivity index (χ1) is 18.9. The third kappa shape index (κ3) is 7.44. The maximum Gasteiger partial charge on any atom is 0.300 e. The summed E-state index contributed by atoms with van der Waals surface area (Å²) in [7, 11) is 0. The SMILES string of the molecule is Clc1nc(OC(Oc2nc(Cl)c(Cl)c(Cl)c2Cl)Sc2nc(Cl)c(Sc3ccccc3)c(Cl)c2Cl)c(Cl)c(Cl)c1Cl. The van der Waals surface area contributed by atoms with Crippen LogP contribution in [-0.2, 0) is 0 Å². The van der Waals surface area contributed by atoms with Gasteiger partial charge in [0.1, 0.15) is 20.2 Å². The van der Waals surface area contributed by atoms with E-state index in [9.17, 15) is 0 Å². The van der Waals surface area contributed by atoms with Gasteiger partial charge in [0, 0.05) is 4.90 Å². The molecular formula is C22H6Cl11N3O2S2. The number of ether oxygens (including phenoxy) is 2. The van der Waals surface area contributed by atoms with E-state index in [4.69, 9.17) is 137 Å². The van der Waals surface area contributed by atoms with Crippen LogP contribution in [0.1, 0.15) is 0 Å². The summed E-state index contributed by atoms with van der Waals surface area (Å²) in [5.74, 6) is -0.518. The van der Waals surface area contributed by atoms with Crippen LogP contribution in [0.4, 0.5) is 0 Å². The molecule has 210 valence electrons. The van der Waals surface area contributed by atoms with Crippen molar-refractivity contribution in [1.29, 1.82) is 0 Å². The zero-order valence-corrected chi connectivity index (χ0v) is 28.5. The fraction of sp³-hybridized carbons (Fsp3) is 0.0455. The van der Waals surface area contributed by atoms with Crippen LogP contribution in [0.5, 0.6) is 11.8 Å². The van der Waals surface area contributed by atoms with Gasteiger partial charge in [-0.1, -0.05) is 158 Å². The van der Waals surface area contributed by atoms with Crippen molar-refractivity contribution in [2.24, 2.45) is 0 Å². The quantitative estimate of drug-likeness (QED) is 0.0999. The molecule has 0 radical (unpaired) electrons. The van der Waals surface area contributed by atoms with Crippen LogP contribution in [0.2, 0.25) is 55.6 Å². The first-order valence-corrected chi connectivity index (χ1v) is 15.9. The molecule has 4 aromatic rings. The topological polar surface area (TPSA) is 57.1 Å². The number of hydrogen-bond donors (Lipinski definition) is 0. The number of hydrogen-bond acceptors (Lipinski definition) is 7. The standard InChI is InChI=1S/C22H6Cl11N3O2S2/c23-7-10(26)16(31)34-19(12(7)28)37-22(38-20-13(29)8(24)11(27)17(32)35-20)40-21-14(30)9(25)15(18(33)36-21)39-6-4-2-1-3-5-6/h1-5,22H. The lowest BCUT2D eigenvalue weighted by Gasteiger charge is -2.21. The summed E-state index contributed by atoms with van der Waals surface area (Å²) in [5, 5.41) is -0.744. The third-order valence-electron chi connectivity index (χ3n) is 4.46. The van der Waals surface area contributed by atoms with Crippen LogP contribution in [0.15, 0.2) is 45.1 Å². The van der Waals surface area contributed by atoms with E-state index in [0.29, 0.717) is 4.90 Å². The van der Waals surface area contributed by atoms with Gasteiger partial charge in [-0.05, 0) is 23.9 Å². The Morgan fingerprint density at radius 3 is 1.52 bits per heavy atom. The van der Waals surface area contributed by atoms with Gasteiger partial charge in [-0.2, -0.15) is 9.97 Å². The molecule has 0 amide bonds. The number of halogens is 11. The van der Waals surface area contributed by atoms with Crippen LogP contribution >= 0.6 is 151 Å². The fourth-order valence-corrected chi connectivity index (χ4v) is 6.93. The van der Waals surface area contributed by atoms with E-state index in [-0.39, 0.29) is 72.4 Å². The molecule has 0 atom stereocenters. The summed E-state index contributed by atoms with van der Waals surface area (Å²) in [5.41, 5.74) is -1.43. The molecule has 0 unspecified atom stereocenters. The largest absolute Gasteiger partial charge is 0.426 e. The van der Waals surface area contributed by atoms with Crippen molar-refractivity contribution < 1.29 is 9.47 Å². The summed E-state index contributed by atoms with van der Waals surface area (Å²) in [4.78, 5) is 13.7. The van der Waals surface area contributed by atoms with Gasteiger partial charge in [-0.3, -0.25) is 0 Å². The maximum absolute atomic E-state index is 6.59. The van der Waals surface area contributed by atoms with E-state index in [2.05, 4.69) is 15.0 Å². The van der Waals surface area contributed by atoms with E-state index < -0.39 is 5.62 Å². The van der Waals surface area contributed by atoms with Crippen molar-refractivity contribution in [2.45, 2.75) is 20.4 Å². The molecule has 0 saturated heterocycles. The second-order valence-electron chi connectivity index (χ2n) is 7.02. The van der Waals surface area contributed by atoms with E-state index in [0.717, 1.165) is 16.7 Å². The fourth-order valence-electron chi connectivity index (χ4n) is 2.68. The first kappa shape index (κ1) is 33.1. The summed E-state index contributed by atoms with van der Waals surface area (Å²) < 4.78 is 11.7. The summed E-state index contributed by atoms with van der Waals surface area (Å²) in [6.07, 6.45) is 0. The molecular weight excluding hydrogens is 792 g/mol. The van der Waals surface area contributed by atoms with Crippen LogP contribution in [-0.4, -0.2) is 20.6 Å². The lowest BCUT2D eigenvalue weighted by atomic mass is 10.4. The van der Waals surface area contributed by atoms with Crippen molar-refractivity contribution >= 4 is 151 Å². The Morgan fingerprint density at radius 1 is 0.525 bits per heavy atom. The van der Waals surface area contributed by atoms with E-state index in [1.165, 1.54) is 11.8 Å². The molecule has 1 aromatic carbocycles. The Bertz CT molecular complexity index is 1530. The number of pyridine rings is 3. The van der Waals surface area contributed by atoms with Gasteiger partial charge in [-0.15, -0.1) is 0 Å². The number of rotatable bonds is 8. The highest BCUT2D eigenvalue weighted by Crippen LogP contribution is 2.47. The molecule has 0 aliphatic rings. The lowest BCUT2D eigenvalue weighted by molar-refractivity contribution is 0.0760. The summed E-state index contributed by atoms with van der Waals surface area (Å²) in [6, 6.07) is 9.37. The minimum Gasteiger partial charge on any atom is -0.426 e. The second kappa shape index (κ2) is 14.3. The van der Waals surface area contributed by atoms with Gasteiger partial charge in [0.25, 0.3) is 5.62 Å². The van der Waals surface area contributed by atoms with Crippen LogP contribution in [0.25, 0.3) is 0 Å². The minimum absolute atomic E-state index is 0.0455. The van der Waals surface area contributed by atoms with Gasteiger partial charge in [0.15, 0.2) is 10.3 Å². The first-order valence-electron chi connectivity index (χ1n) is 10.1. The Balaban J connectivity index is 1.74. The highest BCUT2D eigenvalue weighted by molar-refractivity contribution is 8.00. The average Bonchev–Trinajstić information content (AvgIpc) is 2.93. The van der Waals surface area contributed by atoms with E-state index in [1.54, 1.807) is 0 Å². The Hall–Kier alpha value is 0.160. The molecule has 5 nitrogen and oxygen atoms in total. The number of nitrogens with zero attached hydrogens (tertiary/aromatic N) is 3. The zero-order valence-electron chi connectivity index (χ0n) is 18.6. The second-order valence-corrected chi connectivity index (χ2v) is 13.2. The summed E-state index contributed by atoms with van der Waals surface area (Å²) in [6.45, 7) is 0. The van der Waals surface area contributed by atoms with Crippen molar-refractivity contribution in [3.63, 3.8) is 0 Å². The Morgan fingerprint density at radius 2 is 1.02 bits per heavy atom. The highest BCUT2D eigenvalue weighted by atomic mass is 35.5. The van der Waals surface area contributed by atoms with Crippen molar-refractivity contribution in [3.8, 4) is 11.8 Å². The average molecular weight is 798 g/mol. The smallest absolute Gasteiger partial charge is 0.300 e. The zero-order chi connectivity index (χ0) is 29.3. The van der Waals surface area contributed by atoms with Gasteiger partial charge >= 0.3 is 0 Å². The Kier molecular flexibility index (Phi) is 11.8. The molecule has 3 heterocycles. The van der Waals surface area contributed by atoms with E-state index >= 15 is 0 Å². The van der Waals surface area contributed by atoms with Crippen LogP contribution in [0, 0.1) is 0 Å². The van der Waals surface area contributed by atoms with Crippen LogP contribution in [0.3, 0.4) is 0 Å². The molecule has 40 heavy (non-hydrogen) atoms. The molecule has 0 saturated carbocycles. The van der Waals surface area contributed by atoms with Crippen molar-refractivity contribution in [1.82, 2.24) is 15.0 Å². The molecule has 4 rings (SSSR count). The lowest BCUT2D eigenvalue weighted by Crippen LogP contribution is -2.22. The predicted octanol–water partition coefficient (Wildman–Crippen LogP) is 12.7. The van der Waals surface area contributed by atoms with Gasteiger partial charge in [0.2, 0.25) is 11.8 Å². The normalized spacial score (nSPS) is 11.3. The predicted molar refractivity (Wildman–Crippen MR) is 169 cm³/mol. The van der Waals surface area contributed by atoms with Gasteiger partial charge in [0.05, 0.1) is 35.0 Å². The third-order valence-corrected chi connectivity index (χ3v) is 11.2. The van der Waals surface area contributed by atoms with Gasteiger partial charge < -0.3 is 9.47 Å². The molecule has 0 spiro atoms. The summed E-state index contributed by atoms with van der Waals surface area (Å²) >= 11 is 70.8. The number of thioether (sulfide) groups is 1. The van der Waals surface area contributed by atoms with E-state index in [1.807, 2.05) is 30.3 Å². The molecule has 3 aromatic heterocycles. The number of benzene rings is 1. The molecule has 0 aliphatic heterocycles.